The van der Waals surface area contributed by atoms with Gasteiger partial charge in [0.2, 0.25) is 0 Å². The Labute approximate surface area is 120 Å². The molecule has 1 aliphatic heterocycles. The van der Waals surface area contributed by atoms with Gasteiger partial charge in [-0.1, -0.05) is 11.3 Å². The van der Waals surface area contributed by atoms with Crippen LogP contribution in [0.3, 0.4) is 0 Å². The summed E-state index contributed by atoms with van der Waals surface area (Å²) in [4.78, 5) is 26.8. The molecule has 1 saturated carbocycles. The van der Waals surface area contributed by atoms with E-state index >= 15 is 0 Å². The summed E-state index contributed by atoms with van der Waals surface area (Å²) in [7, 11) is 0. The Hall–Kier alpha value is -1.47. The van der Waals surface area contributed by atoms with E-state index in [-0.39, 0.29) is 28.5 Å². The number of thiazole rings is 1. The van der Waals surface area contributed by atoms with Gasteiger partial charge in [0.15, 0.2) is 16.6 Å². The topological polar surface area (TPSA) is 88.5 Å². The number of hydrogen-bond acceptors (Lipinski definition) is 6. The molecule has 0 bridgehead atoms. The molecule has 0 amide bonds. The van der Waals surface area contributed by atoms with Crippen LogP contribution in [-0.4, -0.2) is 40.6 Å². The lowest BCUT2D eigenvalue weighted by Crippen LogP contribution is -2.30. The molecule has 7 heteroatoms. The molecule has 20 heavy (non-hydrogen) atoms. The number of rotatable bonds is 5. The number of carbonyl (C=O) groups is 2. The second kappa shape index (κ2) is 5.14. The summed E-state index contributed by atoms with van der Waals surface area (Å²) >= 11 is 1.11. The number of aromatic nitrogens is 1. The normalized spacial score (nSPS) is 25.6. The summed E-state index contributed by atoms with van der Waals surface area (Å²) in [6.07, 6.45) is 3.46. The quantitative estimate of drug-likeness (QED) is 0.808. The van der Waals surface area contributed by atoms with Gasteiger partial charge in [0.25, 0.3) is 0 Å². The number of carbonyl (C=O) groups excluding carboxylic acids is 1. The fraction of sp³-hybridized carbons (Fsp3) is 0.615. The Kier molecular flexibility index (Phi) is 3.47. The van der Waals surface area contributed by atoms with E-state index in [1.807, 2.05) is 0 Å². The minimum atomic E-state index is -1.17. The van der Waals surface area contributed by atoms with E-state index in [0.29, 0.717) is 11.0 Å². The standard InChI is InChI=1S/C13H16N2O4S/c1-6(16)11-9(12(17)18)15-13(20-11)14-8-4-5-19-10(8)7-2-3-7/h7-8,10H,2-5H2,1H3,(H,14,15)(H,17,18). The van der Waals surface area contributed by atoms with Crippen molar-refractivity contribution in [2.45, 2.75) is 38.3 Å². The first-order valence-electron chi connectivity index (χ1n) is 6.69. The Bertz CT molecular complexity index is 521. The average Bonchev–Trinajstić information content (AvgIpc) is 2.97. The van der Waals surface area contributed by atoms with Crippen LogP contribution in [0.2, 0.25) is 0 Å². The van der Waals surface area contributed by atoms with Gasteiger partial charge in [-0.05, 0) is 25.2 Å². The van der Waals surface area contributed by atoms with E-state index in [0.717, 1.165) is 24.4 Å². The highest BCUT2D eigenvalue weighted by atomic mass is 32.1. The minimum absolute atomic E-state index is 0.160. The largest absolute Gasteiger partial charge is 0.476 e. The van der Waals surface area contributed by atoms with Crippen LogP contribution in [0.5, 0.6) is 0 Å². The molecule has 2 N–H and O–H groups in total. The number of hydrogen-bond donors (Lipinski definition) is 2. The predicted molar refractivity (Wildman–Crippen MR) is 73.6 cm³/mol. The zero-order valence-electron chi connectivity index (χ0n) is 11.1. The summed E-state index contributed by atoms with van der Waals surface area (Å²) in [5.74, 6) is -0.823. The van der Waals surface area contributed by atoms with E-state index < -0.39 is 5.97 Å². The highest BCUT2D eigenvalue weighted by Gasteiger charge is 2.41. The van der Waals surface area contributed by atoms with E-state index in [4.69, 9.17) is 9.84 Å². The third-order valence-electron chi connectivity index (χ3n) is 3.68. The lowest BCUT2D eigenvalue weighted by Gasteiger charge is -2.18. The number of nitrogens with zero attached hydrogens (tertiary/aromatic N) is 1. The smallest absolute Gasteiger partial charge is 0.356 e. The molecule has 2 fully saturated rings. The maximum absolute atomic E-state index is 11.5. The highest BCUT2D eigenvalue weighted by Crippen LogP contribution is 2.40. The van der Waals surface area contributed by atoms with Crippen LogP contribution >= 0.6 is 11.3 Å². The number of carboxylic acids is 1. The van der Waals surface area contributed by atoms with Gasteiger partial charge in [0.1, 0.15) is 4.88 Å². The number of aromatic carboxylic acids is 1. The van der Waals surface area contributed by atoms with Crippen molar-refractivity contribution in [3.05, 3.63) is 10.6 Å². The van der Waals surface area contributed by atoms with Crippen LogP contribution in [0.4, 0.5) is 5.13 Å². The third-order valence-corrected chi connectivity index (χ3v) is 4.77. The number of ether oxygens (including phenoxy) is 1. The summed E-state index contributed by atoms with van der Waals surface area (Å²) < 4.78 is 5.72. The van der Waals surface area contributed by atoms with Crippen LogP contribution in [0.1, 0.15) is 46.3 Å². The fourth-order valence-corrected chi connectivity index (χ4v) is 3.49. The van der Waals surface area contributed by atoms with Gasteiger partial charge in [-0.2, -0.15) is 0 Å². The van der Waals surface area contributed by atoms with Gasteiger partial charge in [0.05, 0.1) is 12.1 Å². The van der Waals surface area contributed by atoms with Crippen LogP contribution in [0.25, 0.3) is 0 Å². The average molecular weight is 296 g/mol. The molecule has 2 heterocycles. The van der Waals surface area contributed by atoms with Gasteiger partial charge < -0.3 is 15.2 Å². The Morgan fingerprint density at radius 2 is 2.15 bits per heavy atom. The molecular weight excluding hydrogens is 280 g/mol. The van der Waals surface area contributed by atoms with E-state index in [2.05, 4.69) is 10.3 Å². The first-order valence-corrected chi connectivity index (χ1v) is 7.51. The molecular formula is C13H16N2O4S. The molecule has 6 nitrogen and oxygen atoms in total. The summed E-state index contributed by atoms with van der Waals surface area (Å²) in [6, 6.07) is 0.162. The summed E-state index contributed by atoms with van der Waals surface area (Å²) in [6.45, 7) is 2.07. The van der Waals surface area contributed by atoms with Crippen LogP contribution in [0, 0.1) is 5.92 Å². The molecule has 0 radical (unpaired) electrons. The third kappa shape index (κ3) is 2.55. The SMILES string of the molecule is CC(=O)c1sc(NC2CCOC2C2CC2)nc1C(=O)O. The van der Waals surface area contributed by atoms with Crippen LogP contribution in [0.15, 0.2) is 0 Å². The van der Waals surface area contributed by atoms with E-state index in [1.165, 1.54) is 19.8 Å². The Morgan fingerprint density at radius 1 is 1.40 bits per heavy atom. The monoisotopic (exact) mass is 296 g/mol. The molecule has 1 saturated heterocycles. The van der Waals surface area contributed by atoms with Crippen LogP contribution < -0.4 is 5.32 Å². The summed E-state index contributed by atoms with van der Waals surface area (Å²) in [5, 5.41) is 12.8. The lowest BCUT2D eigenvalue weighted by molar-refractivity contribution is 0.0687. The number of carboxylic acid groups (broad SMARTS) is 1. The van der Waals surface area contributed by atoms with Crippen molar-refractivity contribution >= 4 is 28.2 Å². The molecule has 0 aromatic carbocycles. The first-order chi connectivity index (χ1) is 9.56. The van der Waals surface area contributed by atoms with Gasteiger partial charge in [-0.3, -0.25) is 4.79 Å². The molecule has 1 aromatic heterocycles. The van der Waals surface area contributed by atoms with E-state index in [1.54, 1.807) is 0 Å². The van der Waals surface area contributed by atoms with Gasteiger partial charge in [-0.15, -0.1) is 0 Å². The number of nitrogens with one attached hydrogen (secondary N) is 1. The number of Topliss-reactive ketones (excluding diaryl/α,β-unsaturated/α-hetero) is 1. The fourth-order valence-electron chi connectivity index (χ4n) is 2.58. The minimum Gasteiger partial charge on any atom is -0.476 e. The first kappa shape index (κ1) is 13.5. The lowest BCUT2D eigenvalue weighted by atomic mass is 10.1. The van der Waals surface area contributed by atoms with Gasteiger partial charge >= 0.3 is 5.97 Å². The molecule has 2 aliphatic rings. The molecule has 0 spiro atoms. The second-order valence-electron chi connectivity index (χ2n) is 5.27. The predicted octanol–water partition coefficient (Wildman–Crippen LogP) is 2.02. The van der Waals surface area contributed by atoms with Crippen molar-refractivity contribution in [1.29, 1.82) is 0 Å². The molecule has 108 valence electrons. The maximum Gasteiger partial charge on any atom is 0.356 e. The van der Waals surface area contributed by atoms with Crippen molar-refractivity contribution < 1.29 is 19.4 Å². The van der Waals surface area contributed by atoms with Gasteiger partial charge in [-0.25, -0.2) is 9.78 Å². The van der Waals surface area contributed by atoms with Crippen molar-refractivity contribution in [2.75, 3.05) is 11.9 Å². The van der Waals surface area contributed by atoms with Crippen molar-refractivity contribution in [1.82, 2.24) is 4.98 Å². The Balaban J connectivity index is 1.78. The molecule has 3 rings (SSSR count). The van der Waals surface area contributed by atoms with E-state index in [9.17, 15) is 9.59 Å². The summed E-state index contributed by atoms with van der Waals surface area (Å²) in [5.41, 5.74) is -0.160. The van der Waals surface area contributed by atoms with Crippen molar-refractivity contribution in [3.8, 4) is 0 Å². The zero-order valence-corrected chi connectivity index (χ0v) is 11.9. The van der Waals surface area contributed by atoms with Crippen LogP contribution in [-0.2, 0) is 4.74 Å². The number of anilines is 1. The highest BCUT2D eigenvalue weighted by molar-refractivity contribution is 7.17. The molecule has 2 unspecified atom stereocenters. The van der Waals surface area contributed by atoms with Crippen molar-refractivity contribution in [3.63, 3.8) is 0 Å². The van der Waals surface area contributed by atoms with Gasteiger partial charge in [0, 0.05) is 13.5 Å². The zero-order chi connectivity index (χ0) is 14.3. The maximum atomic E-state index is 11.5. The molecule has 1 aromatic rings. The Morgan fingerprint density at radius 3 is 2.70 bits per heavy atom. The second-order valence-corrected chi connectivity index (χ2v) is 6.27. The number of ketones is 1. The molecule has 1 aliphatic carbocycles. The molecule has 2 atom stereocenters. The van der Waals surface area contributed by atoms with Crippen molar-refractivity contribution in [2.24, 2.45) is 5.92 Å².